The summed E-state index contributed by atoms with van der Waals surface area (Å²) in [6.45, 7) is 0. The summed E-state index contributed by atoms with van der Waals surface area (Å²) in [6, 6.07) is 9.54. The molecular weight excluding hydrogens is 200 g/mol. The van der Waals surface area contributed by atoms with Crippen molar-refractivity contribution < 1.29 is 4.79 Å². The van der Waals surface area contributed by atoms with Gasteiger partial charge in [-0.05, 0) is 36.6 Å². The van der Waals surface area contributed by atoms with Crippen LogP contribution in [0, 0.1) is 11.3 Å². The van der Waals surface area contributed by atoms with Crippen LogP contribution in [0.1, 0.15) is 24.0 Å². The first kappa shape index (κ1) is 10.4. The van der Waals surface area contributed by atoms with Gasteiger partial charge in [-0.2, -0.15) is 5.26 Å². The van der Waals surface area contributed by atoms with Gasteiger partial charge in [0.1, 0.15) is 0 Å². The summed E-state index contributed by atoms with van der Waals surface area (Å²) in [6.07, 6.45) is 5.46. The number of rotatable bonds is 3. The van der Waals surface area contributed by atoms with Crippen LogP contribution in [0.5, 0.6) is 0 Å². The standard InChI is InChI=1S/C13H12N2O/c14-9-11-3-1-10(2-4-11)5-8-13(16)15-12-6-7-12/h1-5,8,12H,6-7H2,(H,15,16). The molecule has 80 valence electrons. The molecule has 0 aromatic heterocycles. The van der Waals surface area contributed by atoms with Gasteiger partial charge in [-0.25, -0.2) is 0 Å². The molecule has 0 saturated heterocycles. The molecule has 1 amide bonds. The maximum Gasteiger partial charge on any atom is 0.244 e. The van der Waals surface area contributed by atoms with E-state index in [2.05, 4.69) is 11.4 Å². The minimum Gasteiger partial charge on any atom is -0.350 e. The molecule has 3 heteroatoms. The van der Waals surface area contributed by atoms with Crippen molar-refractivity contribution in [2.24, 2.45) is 0 Å². The van der Waals surface area contributed by atoms with Gasteiger partial charge in [0.2, 0.25) is 5.91 Å². The Morgan fingerprint density at radius 2 is 2.06 bits per heavy atom. The summed E-state index contributed by atoms with van der Waals surface area (Å²) < 4.78 is 0. The molecule has 1 aliphatic rings. The van der Waals surface area contributed by atoms with E-state index in [1.54, 1.807) is 18.2 Å². The van der Waals surface area contributed by atoms with E-state index in [0.29, 0.717) is 11.6 Å². The van der Waals surface area contributed by atoms with Crippen LogP contribution in [0.2, 0.25) is 0 Å². The fourth-order valence-corrected chi connectivity index (χ4v) is 1.32. The molecule has 0 aliphatic heterocycles. The average molecular weight is 212 g/mol. The van der Waals surface area contributed by atoms with Crippen molar-refractivity contribution in [2.45, 2.75) is 18.9 Å². The Balaban J connectivity index is 1.94. The number of nitrogens with one attached hydrogen (secondary N) is 1. The fraction of sp³-hybridized carbons (Fsp3) is 0.231. The Hall–Kier alpha value is -2.08. The van der Waals surface area contributed by atoms with Crippen molar-refractivity contribution in [1.29, 1.82) is 5.26 Å². The van der Waals surface area contributed by atoms with E-state index < -0.39 is 0 Å². The molecule has 1 fully saturated rings. The topological polar surface area (TPSA) is 52.9 Å². The third-order valence-electron chi connectivity index (χ3n) is 2.39. The van der Waals surface area contributed by atoms with Crippen molar-refractivity contribution in [3.05, 3.63) is 41.5 Å². The molecule has 0 atom stereocenters. The van der Waals surface area contributed by atoms with Crippen molar-refractivity contribution >= 4 is 12.0 Å². The first-order valence-corrected chi connectivity index (χ1v) is 5.26. The second-order valence-corrected chi connectivity index (χ2v) is 3.85. The smallest absolute Gasteiger partial charge is 0.244 e. The molecule has 0 unspecified atom stereocenters. The Kier molecular flexibility index (Phi) is 3.02. The molecular formula is C13H12N2O. The number of amides is 1. The largest absolute Gasteiger partial charge is 0.350 e. The fourth-order valence-electron chi connectivity index (χ4n) is 1.32. The SMILES string of the molecule is N#Cc1ccc(C=CC(=O)NC2CC2)cc1. The van der Waals surface area contributed by atoms with Crippen LogP contribution in [0.15, 0.2) is 30.3 Å². The van der Waals surface area contributed by atoms with Crippen molar-refractivity contribution in [3.8, 4) is 6.07 Å². The molecule has 1 saturated carbocycles. The average Bonchev–Trinajstić information content (AvgIpc) is 3.11. The summed E-state index contributed by atoms with van der Waals surface area (Å²) in [5.41, 5.74) is 1.55. The summed E-state index contributed by atoms with van der Waals surface area (Å²) in [5, 5.41) is 11.5. The van der Waals surface area contributed by atoms with Gasteiger partial charge in [0, 0.05) is 12.1 Å². The lowest BCUT2D eigenvalue weighted by atomic mass is 10.1. The first-order chi connectivity index (χ1) is 7.78. The highest BCUT2D eigenvalue weighted by Crippen LogP contribution is 2.18. The lowest BCUT2D eigenvalue weighted by molar-refractivity contribution is -0.116. The number of benzene rings is 1. The predicted octanol–water partition coefficient (Wildman–Crippen LogP) is 1.85. The van der Waals surface area contributed by atoms with Crippen molar-refractivity contribution in [1.82, 2.24) is 5.32 Å². The monoisotopic (exact) mass is 212 g/mol. The number of carbonyl (C=O) groups excluding carboxylic acids is 1. The summed E-state index contributed by atoms with van der Waals surface area (Å²) >= 11 is 0. The molecule has 0 radical (unpaired) electrons. The van der Waals surface area contributed by atoms with Gasteiger partial charge in [0.15, 0.2) is 0 Å². The van der Waals surface area contributed by atoms with Crippen LogP contribution < -0.4 is 5.32 Å². The Morgan fingerprint density at radius 3 is 2.62 bits per heavy atom. The van der Waals surface area contributed by atoms with Crippen molar-refractivity contribution in [2.75, 3.05) is 0 Å². The molecule has 1 aliphatic carbocycles. The zero-order valence-electron chi connectivity index (χ0n) is 8.81. The Bertz CT molecular complexity index is 450. The van der Waals surface area contributed by atoms with Crippen LogP contribution in [-0.2, 0) is 4.79 Å². The second-order valence-electron chi connectivity index (χ2n) is 3.85. The number of hydrogen-bond acceptors (Lipinski definition) is 2. The van der Waals surface area contributed by atoms with E-state index in [1.165, 1.54) is 6.08 Å². The van der Waals surface area contributed by atoms with Crippen LogP contribution in [0.25, 0.3) is 6.08 Å². The number of nitrogens with zero attached hydrogens (tertiary/aromatic N) is 1. The molecule has 16 heavy (non-hydrogen) atoms. The number of nitriles is 1. The molecule has 0 bridgehead atoms. The van der Waals surface area contributed by atoms with Gasteiger partial charge in [0.25, 0.3) is 0 Å². The van der Waals surface area contributed by atoms with E-state index in [0.717, 1.165) is 18.4 Å². The molecule has 1 aromatic rings. The Labute approximate surface area is 94.4 Å². The van der Waals surface area contributed by atoms with Crippen LogP contribution >= 0.6 is 0 Å². The first-order valence-electron chi connectivity index (χ1n) is 5.26. The number of carbonyl (C=O) groups is 1. The predicted molar refractivity (Wildman–Crippen MR) is 61.4 cm³/mol. The molecule has 1 aromatic carbocycles. The minimum atomic E-state index is -0.0492. The lowest BCUT2D eigenvalue weighted by Gasteiger charge is -1.97. The van der Waals surface area contributed by atoms with E-state index in [9.17, 15) is 4.79 Å². The van der Waals surface area contributed by atoms with Crippen LogP contribution in [0.3, 0.4) is 0 Å². The van der Waals surface area contributed by atoms with E-state index in [4.69, 9.17) is 5.26 Å². The van der Waals surface area contributed by atoms with Gasteiger partial charge in [-0.15, -0.1) is 0 Å². The van der Waals surface area contributed by atoms with Crippen molar-refractivity contribution in [3.63, 3.8) is 0 Å². The normalized spacial score (nSPS) is 14.7. The maximum absolute atomic E-state index is 11.3. The highest BCUT2D eigenvalue weighted by atomic mass is 16.1. The molecule has 0 spiro atoms. The van der Waals surface area contributed by atoms with Gasteiger partial charge in [-0.3, -0.25) is 4.79 Å². The van der Waals surface area contributed by atoms with E-state index in [-0.39, 0.29) is 5.91 Å². The van der Waals surface area contributed by atoms with Gasteiger partial charge in [-0.1, -0.05) is 12.1 Å². The maximum atomic E-state index is 11.3. The summed E-state index contributed by atoms with van der Waals surface area (Å²) in [7, 11) is 0. The van der Waals surface area contributed by atoms with Gasteiger partial charge < -0.3 is 5.32 Å². The quantitative estimate of drug-likeness (QED) is 0.777. The van der Waals surface area contributed by atoms with Crippen LogP contribution in [0.4, 0.5) is 0 Å². The van der Waals surface area contributed by atoms with E-state index in [1.807, 2.05) is 12.1 Å². The van der Waals surface area contributed by atoms with E-state index >= 15 is 0 Å². The highest BCUT2D eigenvalue weighted by molar-refractivity contribution is 5.92. The molecule has 1 N–H and O–H groups in total. The number of hydrogen-bond donors (Lipinski definition) is 1. The van der Waals surface area contributed by atoms with Gasteiger partial charge in [0.05, 0.1) is 11.6 Å². The zero-order chi connectivity index (χ0) is 11.4. The van der Waals surface area contributed by atoms with Crippen LogP contribution in [-0.4, -0.2) is 11.9 Å². The zero-order valence-corrected chi connectivity index (χ0v) is 8.81. The van der Waals surface area contributed by atoms with Gasteiger partial charge >= 0.3 is 0 Å². The highest BCUT2D eigenvalue weighted by Gasteiger charge is 2.21. The minimum absolute atomic E-state index is 0.0492. The summed E-state index contributed by atoms with van der Waals surface area (Å²) in [5.74, 6) is -0.0492. The molecule has 2 rings (SSSR count). The third-order valence-corrected chi connectivity index (χ3v) is 2.39. The lowest BCUT2D eigenvalue weighted by Crippen LogP contribution is -2.22. The molecule has 3 nitrogen and oxygen atoms in total. The second kappa shape index (κ2) is 4.63. The Morgan fingerprint density at radius 1 is 1.38 bits per heavy atom. The summed E-state index contributed by atoms with van der Waals surface area (Å²) in [4.78, 5) is 11.3. The molecule has 0 heterocycles. The third kappa shape index (κ3) is 2.96.